The summed E-state index contributed by atoms with van der Waals surface area (Å²) in [6.45, 7) is 0.787. The fourth-order valence-electron chi connectivity index (χ4n) is 3.35. The number of aliphatic imine (C=N–C) groups is 1. The van der Waals surface area contributed by atoms with Gasteiger partial charge in [-0.25, -0.2) is 0 Å². The van der Waals surface area contributed by atoms with Crippen LogP contribution in [0.1, 0.15) is 30.4 Å². The average Bonchev–Trinajstić information content (AvgIpc) is 3.47. The zero-order chi connectivity index (χ0) is 18.2. The summed E-state index contributed by atoms with van der Waals surface area (Å²) in [6.07, 6.45) is 6.28. The van der Waals surface area contributed by atoms with Crippen molar-refractivity contribution in [1.29, 1.82) is 0 Å². The smallest absolute Gasteiger partial charge is 0.271 e. The Labute approximate surface area is 162 Å². The Balaban J connectivity index is 1.49. The lowest BCUT2D eigenvalue weighted by atomic mass is 10.0. The minimum Gasteiger partial charge on any atom is -0.493 e. The standard InChI is InChI=1S/C22H20N2O2S/c25-21-20(14-15-8-11-19-16(13-15)5-4-12-26-19)27-22(23-17-9-10-17)24(21)18-6-2-1-3-7-18/h1-3,6-8,11,13-14,17H,4-5,9-10,12H2/b20-14-,23-22-. The molecule has 1 saturated heterocycles. The van der Waals surface area contributed by atoms with Crippen molar-refractivity contribution in [1.82, 2.24) is 0 Å². The van der Waals surface area contributed by atoms with Crippen LogP contribution in [0.5, 0.6) is 5.75 Å². The van der Waals surface area contributed by atoms with Crippen molar-refractivity contribution in [2.24, 2.45) is 4.99 Å². The molecule has 0 N–H and O–H groups in total. The van der Waals surface area contributed by atoms with Crippen LogP contribution in [0.25, 0.3) is 6.08 Å². The topological polar surface area (TPSA) is 41.9 Å². The fraction of sp³-hybridized carbons (Fsp3) is 0.273. The number of amides is 1. The Bertz CT molecular complexity index is 948. The quantitative estimate of drug-likeness (QED) is 0.732. The van der Waals surface area contributed by atoms with Gasteiger partial charge in [0.1, 0.15) is 5.75 Å². The van der Waals surface area contributed by atoms with Crippen molar-refractivity contribution < 1.29 is 9.53 Å². The van der Waals surface area contributed by atoms with Crippen LogP contribution < -0.4 is 9.64 Å². The Kier molecular flexibility index (Phi) is 4.24. The van der Waals surface area contributed by atoms with Gasteiger partial charge in [0.15, 0.2) is 5.17 Å². The van der Waals surface area contributed by atoms with Gasteiger partial charge in [-0.15, -0.1) is 0 Å². The van der Waals surface area contributed by atoms with Crippen LogP contribution in [-0.2, 0) is 11.2 Å². The summed E-state index contributed by atoms with van der Waals surface area (Å²) in [7, 11) is 0. The van der Waals surface area contributed by atoms with E-state index < -0.39 is 0 Å². The second-order valence-electron chi connectivity index (χ2n) is 7.05. The molecule has 0 atom stereocenters. The van der Waals surface area contributed by atoms with Crippen LogP contribution >= 0.6 is 11.8 Å². The number of benzene rings is 2. The summed E-state index contributed by atoms with van der Waals surface area (Å²) in [5, 5.41) is 0.793. The van der Waals surface area contributed by atoms with E-state index in [0.29, 0.717) is 6.04 Å². The first-order chi connectivity index (χ1) is 13.3. The molecule has 5 rings (SSSR count). The largest absolute Gasteiger partial charge is 0.493 e. The molecule has 2 aromatic carbocycles. The van der Waals surface area contributed by atoms with Gasteiger partial charge in [0, 0.05) is 0 Å². The number of para-hydroxylation sites is 1. The minimum absolute atomic E-state index is 0.000398. The van der Waals surface area contributed by atoms with Gasteiger partial charge in [-0.05, 0) is 78.9 Å². The number of hydrogen-bond donors (Lipinski definition) is 0. The fourth-order valence-corrected chi connectivity index (χ4v) is 4.40. The molecule has 0 aromatic heterocycles. The van der Waals surface area contributed by atoms with Gasteiger partial charge in [0.05, 0.1) is 23.2 Å². The number of carbonyl (C=O) groups is 1. The number of rotatable bonds is 3. The van der Waals surface area contributed by atoms with E-state index in [1.54, 1.807) is 4.90 Å². The summed E-state index contributed by atoms with van der Waals surface area (Å²) >= 11 is 1.48. The normalized spacial score (nSPS) is 22.2. The van der Waals surface area contributed by atoms with Gasteiger partial charge >= 0.3 is 0 Å². The Morgan fingerprint density at radius 1 is 1.15 bits per heavy atom. The van der Waals surface area contributed by atoms with Crippen molar-refractivity contribution in [3.8, 4) is 5.75 Å². The molecule has 0 bridgehead atoms. The van der Waals surface area contributed by atoms with Crippen LogP contribution in [0.3, 0.4) is 0 Å². The van der Waals surface area contributed by atoms with Crippen molar-refractivity contribution in [3.05, 3.63) is 64.6 Å². The lowest BCUT2D eigenvalue weighted by Crippen LogP contribution is -2.29. The third kappa shape index (κ3) is 3.39. The first kappa shape index (κ1) is 16.6. The van der Waals surface area contributed by atoms with Gasteiger partial charge in [0.2, 0.25) is 0 Å². The number of nitrogens with zero attached hydrogens (tertiary/aromatic N) is 2. The van der Waals surface area contributed by atoms with Crippen molar-refractivity contribution in [3.63, 3.8) is 0 Å². The number of ether oxygens (including phenoxy) is 1. The van der Waals surface area contributed by atoms with Gasteiger partial charge in [-0.1, -0.05) is 24.3 Å². The molecule has 1 saturated carbocycles. The van der Waals surface area contributed by atoms with Gasteiger partial charge in [-0.3, -0.25) is 14.7 Å². The van der Waals surface area contributed by atoms with Crippen molar-refractivity contribution in [2.75, 3.05) is 11.5 Å². The summed E-state index contributed by atoms with van der Waals surface area (Å²) in [4.78, 5) is 20.4. The molecule has 4 nitrogen and oxygen atoms in total. The van der Waals surface area contributed by atoms with Crippen LogP contribution in [0.4, 0.5) is 5.69 Å². The Morgan fingerprint density at radius 2 is 2.00 bits per heavy atom. The summed E-state index contributed by atoms with van der Waals surface area (Å²) in [5.41, 5.74) is 3.13. The molecular formula is C22H20N2O2S. The first-order valence-electron chi connectivity index (χ1n) is 9.40. The zero-order valence-corrected chi connectivity index (χ0v) is 15.7. The number of anilines is 1. The maximum absolute atomic E-state index is 13.1. The molecule has 2 heterocycles. The summed E-state index contributed by atoms with van der Waals surface area (Å²) < 4.78 is 5.69. The molecule has 0 unspecified atom stereocenters. The van der Waals surface area contributed by atoms with E-state index in [1.165, 1.54) is 17.3 Å². The SMILES string of the molecule is O=C1/C(=C/c2ccc3c(c2)CCCO3)S/C(=N\C2CC2)N1c1ccccc1. The van der Waals surface area contributed by atoms with E-state index in [-0.39, 0.29) is 5.91 Å². The molecule has 0 spiro atoms. The van der Waals surface area contributed by atoms with Crippen LogP contribution in [0.15, 0.2) is 58.4 Å². The summed E-state index contributed by atoms with van der Waals surface area (Å²) in [5.74, 6) is 0.968. The number of hydrogen-bond acceptors (Lipinski definition) is 4. The molecule has 0 radical (unpaired) electrons. The van der Waals surface area contributed by atoms with Crippen LogP contribution in [0.2, 0.25) is 0 Å². The number of aryl methyl sites for hydroxylation is 1. The first-order valence-corrected chi connectivity index (χ1v) is 10.2. The van der Waals surface area contributed by atoms with Crippen molar-refractivity contribution in [2.45, 2.75) is 31.7 Å². The van der Waals surface area contributed by atoms with Crippen LogP contribution in [0, 0.1) is 0 Å². The third-order valence-corrected chi connectivity index (χ3v) is 5.87. The highest BCUT2D eigenvalue weighted by atomic mass is 32.2. The van der Waals surface area contributed by atoms with E-state index in [9.17, 15) is 4.79 Å². The third-order valence-electron chi connectivity index (χ3n) is 4.89. The summed E-state index contributed by atoms with van der Waals surface area (Å²) in [6, 6.07) is 16.3. The molecule has 136 valence electrons. The van der Waals surface area contributed by atoms with E-state index in [0.717, 1.165) is 59.4 Å². The molecule has 2 fully saturated rings. The lowest BCUT2D eigenvalue weighted by Gasteiger charge is -2.17. The zero-order valence-electron chi connectivity index (χ0n) is 14.9. The van der Waals surface area contributed by atoms with Gasteiger partial charge in [0.25, 0.3) is 5.91 Å². The van der Waals surface area contributed by atoms with E-state index in [4.69, 9.17) is 9.73 Å². The highest BCUT2D eigenvalue weighted by molar-refractivity contribution is 8.19. The second-order valence-corrected chi connectivity index (χ2v) is 8.06. The number of fused-ring (bicyclic) bond motifs is 1. The molecule has 1 aliphatic carbocycles. The minimum atomic E-state index is -0.000398. The number of amidine groups is 1. The molecule has 2 aliphatic heterocycles. The van der Waals surface area contributed by atoms with Gasteiger partial charge in [-0.2, -0.15) is 0 Å². The van der Waals surface area contributed by atoms with E-state index in [2.05, 4.69) is 6.07 Å². The van der Waals surface area contributed by atoms with Crippen molar-refractivity contribution >= 4 is 34.6 Å². The predicted octanol–water partition coefficient (Wildman–Crippen LogP) is 4.65. The number of carbonyl (C=O) groups excluding carboxylic acids is 1. The molecule has 3 aliphatic rings. The molecule has 5 heteroatoms. The molecule has 27 heavy (non-hydrogen) atoms. The maximum atomic E-state index is 13.1. The molecule has 2 aromatic rings. The molecule has 1 amide bonds. The highest BCUT2D eigenvalue weighted by Gasteiger charge is 2.36. The second kappa shape index (κ2) is 6.89. The Hall–Kier alpha value is -2.53. The molecular weight excluding hydrogens is 356 g/mol. The van der Waals surface area contributed by atoms with E-state index in [1.807, 2.05) is 48.5 Å². The monoisotopic (exact) mass is 376 g/mol. The maximum Gasteiger partial charge on any atom is 0.271 e. The van der Waals surface area contributed by atoms with Crippen LogP contribution in [-0.4, -0.2) is 23.7 Å². The highest BCUT2D eigenvalue weighted by Crippen LogP contribution is 2.38. The number of thioether (sulfide) groups is 1. The van der Waals surface area contributed by atoms with Gasteiger partial charge < -0.3 is 4.74 Å². The predicted molar refractivity (Wildman–Crippen MR) is 110 cm³/mol. The average molecular weight is 376 g/mol. The Morgan fingerprint density at radius 3 is 2.81 bits per heavy atom. The van der Waals surface area contributed by atoms with E-state index >= 15 is 0 Å². The lowest BCUT2D eigenvalue weighted by molar-refractivity contribution is -0.113.